The topological polar surface area (TPSA) is 126 Å². The molecular formula is C24H19Cl2N5O5S. The molecule has 13 heteroatoms. The van der Waals surface area contributed by atoms with Gasteiger partial charge in [0, 0.05) is 27.8 Å². The number of hydrogen-bond acceptors (Lipinski definition) is 8. The number of benzene rings is 3. The second kappa shape index (κ2) is 11.6. The van der Waals surface area contributed by atoms with Crippen molar-refractivity contribution in [1.29, 1.82) is 0 Å². The van der Waals surface area contributed by atoms with Crippen LogP contribution < -0.4 is 4.74 Å². The first-order valence-corrected chi connectivity index (χ1v) is 12.5. The predicted octanol–water partition coefficient (Wildman–Crippen LogP) is 6.48. The molecule has 0 fully saturated rings. The van der Waals surface area contributed by atoms with E-state index in [0.29, 0.717) is 32.9 Å². The smallest absolute Gasteiger partial charge is 0.269 e. The highest BCUT2D eigenvalue weighted by molar-refractivity contribution is 7.99. The number of non-ortho nitro benzene ring substituents is 1. The second-order valence-corrected chi connectivity index (χ2v) is 9.88. The molecule has 4 aromatic rings. The van der Waals surface area contributed by atoms with Gasteiger partial charge in [-0.3, -0.25) is 24.8 Å². The fourth-order valence-corrected chi connectivity index (χ4v) is 5.07. The summed E-state index contributed by atoms with van der Waals surface area (Å²) < 4.78 is 7.55. The Morgan fingerprint density at radius 2 is 1.78 bits per heavy atom. The van der Waals surface area contributed by atoms with Gasteiger partial charge in [0.25, 0.3) is 5.69 Å². The minimum Gasteiger partial charge on any atom is -0.487 e. The van der Waals surface area contributed by atoms with Gasteiger partial charge in [-0.25, -0.2) is 0 Å². The molecule has 0 amide bonds. The third-order valence-electron chi connectivity index (χ3n) is 5.29. The van der Waals surface area contributed by atoms with Crippen molar-refractivity contribution in [2.24, 2.45) is 0 Å². The fraction of sp³-hybridized carbons (Fsp3) is 0.167. The lowest BCUT2D eigenvalue weighted by molar-refractivity contribution is -0.479. The molecule has 0 saturated heterocycles. The highest BCUT2D eigenvalue weighted by atomic mass is 35.5. The lowest BCUT2D eigenvalue weighted by Gasteiger charge is -2.16. The number of nitro groups is 2. The van der Waals surface area contributed by atoms with Crippen molar-refractivity contribution in [1.82, 2.24) is 14.8 Å². The van der Waals surface area contributed by atoms with Crippen LogP contribution >= 0.6 is 35.0 Å². The Hall–Kier alpha value is -3.67. The van der Waals surface area contributed by atoms with Crippen LogP contribution in [0.25, 0.3) is 5.69 Å². The molecule has 4 rings (SSSR count). The van der Waals surface area contributed by atoms with E-state index in [1.54, 1.807) is 54.0 Å². The third-order valence-corrected chi connectivity index (χ3v) is 7.01. The summed E-state index contributed by atoms with van der Waals surface area (Å²) >= 11 is 13.7. The summed E-state index contributed by atoms with van der Waals surface area (Å²) in [7, 11) is 0. The largest absolute Gasteiger partial charge is 0.487 e. The zero-order chi connectivity index (χ0) is 26.5. The zero-order valence-electron chi connectivity index (χ0n) is 19.3. The van der Waals surface area contributed by atoms with Crippen molar-refractivity contribution in [2.75, 3.05) is 6.54 Å². The predicted molar refractivity (Wildman–Crippen MR) is 140 cm³/mol. The summed E-state index contributed by atoms with van der Waals surface area (Å²) in [5.74, 6) is 0.967. The molecule has 190 valence electrons. The molecule has 0 N–H and O–H groups in total. The average Bonchev–Trinajstić information content (AvgIpc) is 3.23. The normalized spacial score (nSPS) is 11.8. The lowest BCUT2D eigenvalue weighted by atomic mass is 10.1. The number of ether oxygens (including phenoxy) is 1. The van der Waals surface area contributed by atoms with Crippen molar-refractivity contribution in [3.8, 4) is 11.4 Å². The van der Waals surface area contributed by atoms with Gasteiger partial charge in [-0.2, -0.15) is 0 Å². The molecule has 0 unspecified atom stereocenters. The quantitative estimate of drug-likeness (QED) is 0.123. The first-order chi connectivity index (χ1) is 17.7. The van der Waals surface area contributed by atoms with E-state index in [9.17, 15) is 20.2 Å². The van der Waals surface area contributed by atoms with Crippen molar-refractivity contribution in [3.05, 3.63) is 114 Å². The maximum absolute atomic E-state index is 11.5. The van der Waals surface area contributed by atoms with Gasteiger partial charge in [-0.05, 0) is 54.4 Å². The number of hydrogen-bond donors (Lipinski definition) is 0. The molecule has 0 aliphatic rings. The molecule has 37 heavy (non-hydrogen) atoms. The van der Waals surface area contributed by atoms with Gasteiger partial charge in [0.1, 0.15) is 23.4 Å². The van der Waals surface area contributed by atoms with Crippen LogP contribution in [0.15, 0.2) is 71.9 Å². The average molecular weight is 560 g/mol. The van der Waals surface area contributed by atoms with E-state index in [2.05, 4.69) is 10.2 Å². The number of nitro benzene ring substituents is 1. The number of aryl methyl sites for hydroxylation is 1. The number of aromatic nitrogens is 3. The van der Waals surface area contributed by atoms with E-state index in [1.807, 2.05) is 12.1 Å². The van der Waals surface area contributed by atoms with E-state index in [4.69, 9.17) is 27.9 Å². The molecule has 0 aliphatic carbocycles. The number of nitrogens with zero attached hydrogens (tertiary/aromatic N) is 5. The molecule has 0 spiro atoms. The zero-order valence-corrected chi connectivity index (χ0v) is 21.6. The summed E-state index contributed by atoms with van der Waals surface area (Å²) in [4.78, 5) is 21.6. The molecule has 0 aliphatic heterocycles. The minimum atomic E-state index is -0.618. The van der Waals surface area contributed by atoms with Gasteiger partial charge in [0.15, 0.2) is 5.16 Å². The Morgan fingerprint density at radius 1 is 1.03 bits per heavy atom. The van der Waals surface area contributed by atoms with Crippen LogP contribution in [0, 0.1) is 27.2 Å². The Balaban J connectivity index is 1.56. The fourth-order valence-electron chi connectivity index (χ4n) is 3.54. The monoisotopic (exact) mass is 559 g/mol. The van der Waals surface area contributed by atoms with Gasteiger partial charge in [-0.1, -0.05) is 53.2 Å². The minimum absolute atomic E-state index is 0.0381. The maximum Gasteiger partial charge on any atom is 0.269 e. The highest BCUT2D eigenvalue weighted by Gasteiger charge is 2.24. The van der Waals surface area contributed by atoms with E-state index in [-0.39, 0.29) is 23.9 Å². The van der Waals surface area contributed by atoms with E-state index in [0.717, 1.165) is 5.69 Å². The lowest BCUT2D eigenvalue weighted by Crippen LogP contribution is -2.11. The first-order valence-electron chi connectivity index (χ1n) is 10.8. The maximum atomic E-state index is 11.5. The van der Waals surface area contributed by atoms with E-state index >= 15 is 0 Å². The number of halogens is 2. The van der Waals surface area contributed by atoms with Crippen molar-refractivity contribution < 1.29 is 14.6 Å². The summed E-state index contributed by atoms with van der Waals surface area (Å²) in [6.45, 7) is 1.48. The first kappa shape index (κ1) is 26.4. The standard InChI is InChI=1S/C24H19Cl2N5O5S/c1-15-27-28-24(30(15)19-8-6-18(25)7-9-19)37-23(13-29(32)33)17-5-10-22(21(26)12-17)36-14-16-3-2-4-20(11-16)31(34)35/h2-12,23H,13-14H2,1H3/t23-/m1/s1. The van der Waals surface area contributed by atoms with Gasteiger partial charge in [0.05, 0.1) is 9.95 Å². The molecule has 0 bridgehead atoms. The van der Waals surface area contributed by atoms with Crippen molar-refractivity contribution in [3.63, 3.8) is 0 Å². The Bertz CT molecular complexity index is 1450. The second-order valence-electron chi connectivity index (χ2n) is 7.87. The Labute approximate surface area is 225 Å². The Kier molecular flexibility index (Phi) is 8.27. The number of thioether (sulfide) groups is 1. The molecule has 1 heterocycles. The van der Waals surface area contributed by atoms with Gasteiger partial charge < -0.3 is 4.74 Å². The van der Waals surface area contributed by atoms with Crippen molar-refractivity contribution in [2.45, 2.75) is 23.9 Å². The molecular weight excluding hydrogens is 541 g/mol. The summed E-state index contributed by atoms with van der Waals surface area (Å²) in [5, 5.41) is 31.5. The van der Waals surface area contributed by atoms with Gasteiger partial charge >= 0.3 is 0 Å². The molecule has 10 nitrogen and oxygen atoms in total. The summed E-state index contributed by atoms with van der Waals surface area (Å²) in [6.07, 6.45) is 0. The molecule has 0 radical (unpaired) electrons. The third kappa shape index (κ3) is 6.56. The molecule has 3 aromatic carbocycles. The van der Waals surface area contributed by atoms with Crippen LogP contribution in [0.3, 0.4) is 0 Å². The molecule has 0 saturated carbocycles. The SMILES string of the molecule is Cc1nnc(S[C@H](C[N+](=O)[O-])c2ccc(OCc3cccc([N+](=O)[O-])c3)c(Cl)c2)n1-c1ccc(Cl)cc1. The summed E-state index contributed by atoms with van der Waals surface area (Å²) in [5.41, 5.74) is 1.95. The van der Waals surface area contributed by atoms with Crippen molar-refractivity contribution >= 4 is 40.7 Å². The van der Waals surface area contributed by atoms with Crippen LogP contribution in [0.2, 0.25) is 10.0 Å². The summed E-state index contributed by atoms with van der Waals surface area (Å²) in [6, 6.07) is 18.1. The highest BCUT2D eigenvalue weighted by Crippen LogP contribution is 2.39. The van der Waals surface area contributed by atoms with E-state index in [1.165, 1.54) is 23.9 Å². The number of rotatable bonds is 10. The van der Waals surface area contributed by atoms with Crippen LogP contribution in [0.1, 0.15) is 22.2 Å². The van der Waals surface area contributed by atoms with Gasteiger partial charge in [0.2, 0.25) is 6.54 Å². The van der Waals surface area contributed by atoms with Crippen LogP contribution in [-0.2, 0) is 6.61 Å². The Morgan fingerprint density at radius 3 is 2.46 bits per heavy atom. The van der Waals surface area contributed by atoms with Crippen LogP contribution in [0.5, 0.6) is 5.75 Å². The molecule has 1 aromatic heterocycles. The van der Waals surface area contributed by atoms with Gasteiger partial charge in [-0.15, -0.1) is 10.2 Å². The van der Waals surface area contributed by atoms with Crippen LogP contribution in [-0.4, -0.2) is 31.2 Å². The molecule has 1 atom stereocenters. The van der Waals surface area contributed by atoms with E-state index < -0.39 is 15.1 Å². The van der Waals surface area contributed by atoms with Crippen LogP contribution in [0.4, 0.5) is 5.69 Å².